The van der Waals surface area contributed by atoms with Gasteiger partial charge in [-0.05, 0) is 56.4 Å². The number of aryl methyl sites for hydroxylation is 2. The van der Waals surface area contributed by atoms with Crippen LogP contribution in [0.15, 0.2) is 48.7 Å². The Bertz CT molecular complexity index is 1040. The van der Waals surface area contributed by atoms with Crippen LogP contribution in [0, 0.1) is 13.8 Å². The maximum absolute atomic E-state index is 5.03. The van der Waals surface area contributed by atoms with E-state index in [9.17, 15) is 0 Å². The fourth-order valence-electron chi connectivity index (χ4n) is 4.32. The van der Waals surface area contributed by atoms with Crippen LogP contribution in [0.3, 0.4) is 0 Å². The minimum atomic E-state index is 0.307. The van der Waals surface area contributed by atoms with Crippen LogP contribution in [-0.2, 0) is 0 Å². The molecule has 28 heavy (non-hydrogen) atoms. The first-order valence-electron chi connectivity index (χ1n) is 10.1. The quantitative estimate of drug-likeness (QED) is 0.629. The van der Waals surface area contributed by atoms with Gasteiger partial charge in [0.15, 0.2) is 0 Å². The number of aromatic amines is 1. The van der Waals surface area contributed by atoms with Gasteiger partial charge in [-0.25, -0.2) is 9.99 Å². The molecule has 2 unspecified atom stereocenters. The number of hydrogen-bond acceptors (Lipinski definition) is 4. The van der Waals surface area contributed by atoms with E-state index >= 15 is 0 Å². The molecule has 0 radical (unpaired) electrons. The zero-order valence-corrected chi connectivity index (χ0v) is 17.5. The minimum Gasteiger partial charge on any atom is -0.341 e. The van der Waals surface area contributed by atoms with Gasteiger partial charge in [0, 0.05) is 17.6 Å². The van der Waals surface area contributed by atoms with Gasteiger partial charge >= 0.3 is 0 Å². The number of thioether (sulfide) groups is 1. The molecule has 0 bridgehead atoms. The number of rotatable bonds is 3. The lowest BCUT2D eigenvalue weighted by atomic mass is 10.1. The highest BCUT2D eigenvalue weighted by atomic mass is 32.2. The van der Waals surface area contributed by atoms with Crippen molar-refractivity contribution in [3.05, 3.63) is 71.2 Å². The lowest BCUT2D eigenvalue weighted by molar-refractivity contribution is 0.00255. The summed E-state index contributed by atoms with van der Waals surface area (Å²) in [6, 6.07) is 15.3. The van der Waals surface area contributed by atoms with Crippen molar-refractivity contribution >= 4 is 27.7 Å². The molecule has 144 valence electrons. The van der Waals surface area contributed by atoms with Crippen molar-refractivity contribution in [1.82, 2.24) is 20.0 Å². The molecule has 4 nitrogen and oxygen atoms in total. The molecule has 3 heterocycles. The van der Waals surface area contributed by atoms with E-state index in [0.717, 1.165) is 29.8 Å². The standard InChI is InChI=1S/C23H26N4S/c1-15-11-12-19-22(16(15)2)25-23(24-19)20-10-7-13-26(20)27-14-21(28-17(27)3)18-8-5-4-6-9-18/h4-6,8-9,11-12,14,17,20H,7,10,13H2,1-3H3,(H,24,25). The lowest BCUT2D eigenvalue weighted by Crippen LogP contribution is -2.41. The number of benzene rings is 2. The molecule has 1 aromatic heterocycles. The average molecular weight is 391 g/mol. The van der Waals surface area contributed by atoms with E-state index in [0.29, 0.717) is 11.4 Å². The predicted molar refractivity (Wildman–Crippen MR) is 118 cm³/mol. The zero-order chi connectivity index (χ0) is 19.3. The minimum absolute atomic E-state index is 0.307. The Hall–Kier alpha value is -2.24. The summed E-state index contributed by atoms with van der Waals surface area (Å²) in [5, 5.41) is 5.33. The molecule has 0 amide bonds. The normalized spacial score (nSPS) is 23.0. The smallest absolute Gasteiger partial charge is 0.126 e. The molecule has 0 spiro atoms. The molecular weight excluding hydrogens is 364 g/mol. The Morgan fingerprint density at radius 2 is 1.93 bits per heavy atom. The Morgan fingerprint density at radius 3 is 2.75 bits per heavy atom. The number of fused-ring (bicyclic) bond motifs is 1. The third-order valence-electron chi connectivity index (χ3n) is 6.01. The van der Waals surface area contributed by atoms with E-state index in [-0.39, 0.29) is 0 Å². The van der Waals surface area contributed by atoms with Crippen molar-refractivity contribution in [3.63, 3.8) is 0 Å². The Balaban J connectivity index is 1.47. The number of hydrazine groups is 1. The highest BCUT2D eigenvalue weighted by Crippen LogP contribution is 2.44. The van der Waals surface area contributed by atoms with E-state index in [4.69, 9.17) is 4.98 Å². The molecule has 2 atom stereocenters. The molecule has 0 saturated carbocycles. The summed E-state index contributed by atoms with van der Waals surface area (Å²) >= 11 is 1.93. The first kappa shape index (κ1) is 17.8. The van der Waals surface area contributed by atoms with Crippen molar-refractivity contribution < 1.29 is 0 Å². The molecule has 2 aliphatic rings. The van der Waals surface area contributed by atoms with Gasteiger partial charge in [0.25, 0.3) is 0 Å². The van der Waals surface area contributed by atoms with E-state index < -0.39 is 0 Å². The molecule has 3 aromatic rings. The summed E-state index contributed by atoms with van der Waals surface area (Å²) < 4.78 is 0. The van der Waals surface area contributed by atoms with Crippen molar-refractivity contribution in [2.75, 3.05) is 6.54 Å². The summed E-state index contributed by atoms with van der Waals surface area (Å²) in [5.41, 5.74) is 6.14. The van der Waals surface area contributed by atoms with Gasteiger partial charge in [-0.1, -0.05) is 48.2 Å². The van der Waals surface area contributed by atoms with Crippen molar-refractivity contribution in [3.8, 4) is 0 Å². The van der Waals surface area contributed by atoms with E-state index in [1.165, 1.54) is 28.0 Å². The van der Waals surface area contributed by atoms with Gasteiger partial charge in [0.05, 0.1) is 22.4 Å². The van der Waals surface area contributed by atoms with E-state index in [2.05, 4.69) is 84.4 Å². The second kappa shape index (κ2) is 6.98. The molecule has 1 fully saturated rings. The van der Waals surface area contributed by atoms with Crippen LogP contribution in [-0.4, -0.2) is 31.9 Å². The van der Waals surface area contributed by atoms with Crippen LogP contribution < -0.4 is 0 Å². The molecule has 1 N–H and O–H groups in total. The largest absolute Gasteiger partial charge is 0.341 e. The molecule has 5 rings (SSSR count). The highest BCUT2D eigenvalue weighted by Gasteiger charge is 2.36. The first-order chi connectivity index (χ1) is 13.6. The highest BCUT2D eigenvalue weighted by molar-refractivity contribution is 8.09. The molecule has 2 aliphatic heterocycles. The number of aromatic nitrogens is 2. The van der Waals surface area contributed by atoms with Crippen molar-refractivity contribution in [1.29, 1.82) is 0 Å². The third-order valence-corrected chi connectivity index (χ3v) is 7.16. The molecule has 5 heteroatoms. The topological polar surface area (TPSA) is 35.2 Å². The molecule has 1 saturated heterocycles. The summed E-state index contributed by atoms with van der Waals surface area (Å²) in [5.74, 6) is 1.10. The van der Waals surface area contributed by atoms with Gasteiger partial charge in [0.1, 0.15) is 5.82 Å². The summed E-state index contributed by atoms with van der Waals surface area (Å²) in [4.78, 5) is 9.98. The van der Waals surface area contributed by atoms with Gasteiger partial charge < -0.3 is 4.98 Å². The zero-order valence-electron chi connectivity index (χ0n) is 16.6. The van der Waals surface area contributed by atoms with E-state index in [1.54, 1.807) is 0 Å². The molecule has 0 aliphatic carbocycles. The van der Waals surface area contributed by atoms with Gasteiger partial charge in [-0.2, -0.15) is 0 Å². The number of imidazole rings is 1. The van der Waals surface area contributed by atoms with Crippen LogP contribution in [0.1, 0.15) is 48.3 Å². The van der Waals surface area contributed by atoms with Gasteiger partial charge in [0.2, 0.25) is 0 Å². The van der Waals surface area contributed by atoms with Crippen molar-refractivity contribution in [2.45, 2.75) is 45.0 Å². The van der Waals surface area contributed by atoms with Crippen LogP contribution in [0.25, 0.3) is 15.9 Å². The molecule has 2 aromatic carbocycles. The first-order valence-corrected chi connectivity index (χ1v) is 10.9. The number of nitrogens with one attached hydrogen (secondary N) is 1. The van der Waals surface area contributed by atoms with Crippen molar-refractivity contribution in [2.24, 2.45) is 0 Å². The number of hydrogen-bond donors (Lipinski definition) is 1. The Kier molecular flexibility index (Phi) is 4.44. The SMILES string of the molecule is Cc1ccc2[nH]c(C3CCCN3N3C=C(c4ccccc4)SC3C)nc2c1C. The van der Waals surface area contributed by atoms with E-state index in [1.807, 2.05) is 11.8 Å². The van der Waals surface area contributed by atoms with Crippen LogP contribution in [0.5, 0.6) is 0 Å². The fraction of sp³-hybridized carbons (Fsp3) is 0.348. The number of H-pyrrole nitrogens is 1. The summed E-state index contributed by atoms with van der Waals surface area (Å²) in [6.45, 7) is 7.69. The Labute approximate surface area is 170 Å². The molecular formula is C23H26N4S. The number of nitrogens with zero attached hydrogens (tertiary/aromatic N) is 3. The predicted octanol–water partition coefficient (Wildman–Crippen LogP) is 5.63. The lowest BCUT2D eigenvalue weighted by Gasteiger charge is -2.35. The second-order valence-electron chi connectivity index (χ2n) is 7.80. The Morgan fingerprint density at radius 1 is 1.11 bits per heavy atom. The third kappa shape index (κ3) is 2.93. The average Bonchev–Trinajstić information content (AvgIpc) is 3.43. The van der Waals surface area contributed by atoms with Gasteiger partial charge in [-0.15, -0.1) is 0 Å². The van der Waals surface area contributed by atoms with Crippen LogP contribution in [0.2, 0.25) is 0 Å². The van der Waals surface area contributed by atoms with Crippen LogP contribution >= 0.6 is 11.8 Å². The van der Waals surface area contributed by atoms with Gasteiger partial charge in [-0.3, -0.25) is 5.01 Å². The summed E-state index contributed by atoms with van der Waals surface area (Å²) in [7, 11) is 0. The monoisotopic (exact) mass is 390 g/mol. The fourth-order valence-corrected chi connectivity index (χ4v) is 5.42. The van der Waals surface area contributed by atoms with Crippen LogP contribution in [0.4, 0.5) is 0 Å². The summed E-state index contributed by atoms with van der Waals surface area (Å²) in [6.07, 6.45) is 4.66. The second-order valence-corrected chi connectivity index (χ2v) is 9.16. The maximum Gasteiger partial charge on any atom is 0.126 e. The maximum atomic E-state index is 5.03.